The Kier molecular flexibility index (Phi) is 14.5. The number of unbranched alkanes of at least 4 members (excludes halogenated alkanes) is 6. The molecule has 2 aromatic carbocycles. The van der Waals surface area contributed by atoms with Crippen LogP contribution in [0.5, 0.6) is 0 Å². The average Bonchev–Trinajstić information content (AvgIpc) is 3.62. The van der Waals surface area contributed by atoms with Gasteiger partial charge in [-0.15, -0.1) is 47.0 Å². The number of benzene rings is 2. The van der Waals surface area contributed by atoms with Crippen molar-refractivity contribution in [1.29, 1.82) is 0 Å². The molecule has 0 spiro atoms. The molecule has 2 nitrogen and oxygen atoms in total. The van der Waals surface area contributed by atoms with Crippen molar-refractivity contribution in [2.45, 2.75) is 76.7 Å². The van der Waals surface area contributed by atoms with Crippen molar-refractivity contribution in [1.82, 2.24) is 0 Å². The summed E-state index contributed by atoms with van der Waals surface area (Å²) in [6.07, 6.45) is 10.6. The molecule has 0 unspecified atom stereocenters. The van der Waals surface area contributed by atoms with Crippen LogP contribution in [0.25, 0.3) is 0 Å². The maximum Gasteiger partial charge on any atom is 0.0857 e. The molecular weight excluding hydrogens is 669 g/mol. The first-order chi connectivity index (χ1) is 20.7. The first-order valence-electron chi connectivity index (χ1n) is 14.8. The van der Waals surface area contributed by atoms with E-state index in [1.54, 1.807) is 0 Å². The number of thioether (sulfide) groups is 8. The van der Waals surface area contributed by atoms with Gasteiger partial charge in [-0.1, -0.05) is 124 Å². The molecule has 0 aromatic heterocycles. The summed E-state index contributed by atoms with van der Waals surface area (Å²) in [6.45, 7) is 4.58. The highest BCUT2D eigenvalue weighted by atomic mass is 32.3. The first kappa shape index (κ1) is 33.4. The van der Waals surface area contributed by atoms with Crippen molar-refractivity contribution in [2.24, 2.45) is 10.2 Å². The number of nitrogens with zero attached hydrogens (tertiary/aromatic N) is 2. The Morgan fingerprint density at radius 1 is 0.524 bits per heavy atom. The first-order valence-corrected chi connectivity index (χ1v) is 22.0. The lowest BCUT2D eigenvalue weighted by Crippen LogP contribution is -1.83. The Balaban J connectivity index is 1.37. The van der Waals surface area contributed by atoms with Gasteiger partial charge in [-0.3, -0.25) is 0 Å². The van der Waals surface area contributed by atoms with E-state index in [0.717, 1.165) is 22.9 Å². The van der Waals surface area contributed by atoms with Gasteiger partial charge in [0.1, 0.15) is 0 Å². The molecule has 0 aliphatic carbocycles. The monoisotopic (exact) mass is 706 g/mol. The maximum absolute atomic E-state index is 4.49. The molecule has 5 aliphatic rings. The van der Waals surface area contributed by atoms with E-state index in [1.807, 2.05) is 70.6 Å². The quantitative estimate of drug-likeness (QED) is 0.201. The third-order valence-electron chi connectivity index (χ3n) is 6.60. The van der Waals surface area contributed by atoms with Gasteiger partial charge >= 0.3 is 0 Å². The van der Waals surface area contributed by atoms with E-state index in [4.69, 9.17) is 0 Å². The topological polar surface area (TPSA) is 24.7 Å². The Bertz CT molecular complexity index is 1200. The van der Waals surface area contributed by atoms with Crippen molar-refractivity contribution in [3.05, 3.63) is 85.1 Å². The molecule has 0 atom stereocenters. The van der Waals surface area contributed by atoms with Crippen LogP contribution < -0.4 is 0 Å². The SMILES string of the molecule is CCCCCCSC1=C2SCc3ccc(cc3)N=Nc3ccc(cc3)CSC3=C(SCCCCCC)S/C(=C(/S1)S2)S3. The summed E-state index contributed by atoms with van der Waals surface area (Å²) in [7, 11) is 0. The van der Waals surface area contributed by atoms with Crippen LogP contribution in [0.15, 0.2) is 84.2 Å². The molecule has 8 bridgehead atoms. The van der Waals surface area contributed by atoms with E-state index in [1.165, 1.54) is 99.4 Å². The molecular formula is C32H38N2S8. The fourth-order valence-corrected chi connectivity index (χ4v) is 16.2. The molecule has 0 radical (unpaired) electrons. The van der Waals surface area contributed by atoms with Gasteiger partial charge in [0.05, 0.1) is 36.8 Å². The summed E-state index contributed by atoms with van der Waals surface area (Å²) in [5.41, 5.74) is 4.46. The Morgan fingerprint density at radius 2 is 0.952 bits per heavy atom. The fraction of sp³-hybridized carbons (Fsp3) is 0.438. The van der Waals surface area contributed by atoms with Gasteiger partial charge in [0.25, 0.3) is 0 Å². The lowest BCUT2D eigenvalue weighted by atomic mass is 10.2. The van der Waals surface area contributed by atoms with E-state index in [2.05, 4.69) is 96.1 Å². The number of azo groups is 1. The normalized spacial score (nSPS) is 19.0. The van der Waals surface area contributed by atoms with Crippen molar-refractivity contribution < 1.29 is 0 Å². The van der Waals surface area contributed by atoms with E-state index >= 15 is 0 Å². The highest BCUT2D eigenvalue weighted by Gasteiger charge is 2.31. The maximum atomic E-state index is 4.49. The molecule has 5 aliphatic heterocycles. The molecule has 42 heavy (non-hydrogen) atoms. The Morgan fingerprint density at radius 3 is 1.36 bits per heavy atom. The summed E-state index contributed by atoms with van der Waals surface area (Å²) in [6, 6.07) is 17.2. The van der Waals surface area contributed by atoms with Crippen LogP contribution in [0.4, 0.5) is 11.4 Å². The molecule has 7 rings (SSSR count). The van der Waals surface area contributed by atoms with Crippen LogP contribution in [0.2, 0.25) is 0 Å². The van der Waals surface area contributed by atoms with Crippen LogP contribution in [-0.4, -0.2) is 11.5 Å². The van der Waals surface area contributed by atoms with E-state index in [-0.39, 0.29) is 0 Å². The summed E-state index contributed by atoms with van der Waals surface area (Å²) < 4.78 is 8.96. The van der Waals surface area contributed by atoms with Gasteiger partial charge in [-0.2, -0.15) is 10.2 Å². The number of fused-ring (bicyclic) bond motifs is 2. The van der Waals surface area contributed by atoms with Crippen LogP contribution in [0.3, 0.4) is 0 Å². The second-order valence-electron chi connectivity index (χ2n) is 10.1. The van der Waals surface area contributed by atoms with Crippen molar-refractivity contribution in [3.63, 3.8) is 0 Å². The summed E-state index contributed by atoms with van der Waals surface area (Å²) >= 11 is 16.3. The van der Waals surface area contributed by atoms with Crippen molar-refractivity contribution in [3.8, 4) is 0 Å². The van der Waals surface area contributed by atoms with Gasteiger partial charge in [0, 0.05) is 11.5 Å². The van der Waals surface area contributed by atoms with Gasteiger partial charge in [-0.05, 0) is 59.7 Å². The minimum absolute atomic E-state index is 0.899. The standard InChI is InChI=1S/C32H38N2S8/c1-3-5-7-9-19-35-27-29-37-21-23-11-15-25(16-12-23)33-34-26-17-13-24(14-18-26)22-38-30-28(36-20-10-8-6-4-2)40-32(42-30)31(39-27)41-29/h11-18H,3-10,19-22H2,1-2H3/b32-31+,34-33?. The van der Waals surface area contributed by atoms with Gasteiger partial charge < -0.3 is 0 Å². The van der Waals surface area contributed by atoms with Gasteiger partial charge in [0.15, 0.2) is 0 Å². The molecule has 0 N–H and O–H groups in total. The highest BCUT2D eigenvalue weighted by molar-refractivity contribution is 8.45. The zero-order valence-electron chi connectivity index (χ0n) is 24.3. The lowest BCUT2D eigenvalue weighted by molar-refractivity contribution is 0.707. The smallest absolute Gasteiger partial charge is 0.0857 e. The zero-order valence-corrected chi connectivity index (χ0v) is 30.8. The molecule has 10 heteroatoms. The Hall–Kier alpha value is 0.0600. The second-order valence-corrected chi connectivity index (χ2v) is 19.9. The number of rotatable bonds is 12. The molecule has 0 fully saturated rings. The van der Waals surface area contributed by atoms with Crippen LogP contribution in [-0.2, 0) is 11.5 Å². The van der Waals surface area contributed by atoms with Crippen molar-refractivity contribution in [2.75, 3.05) is 11.5 Å². The van der Waals surface area contributed by atoms with E-state index in [9.17, 15) is 0 Å². The minimum Gasteiger partial charge on any atom is -0.151 e. The van der Waals surface area contributed by atoms with Gasteiger partial charge in [-0.25, -0.2) is 0 Å². The van der Waals surface area contributed by atoms with E-state index < -0.39 is 0 Å². The van der Waals surface area contributed by atoms with E-state index in [0.29, 0.717) is 0 Å². The lowest BCUT2D eigenvalue weighted by Gasteiger charge is -2.06. The summed E-state index contributed by atoms with van der Waals surface area (Å²) in [4.78, 5) is 0. The average molecular weight is 707 g/mol. The largest absolute Gasteiger partial charge is 0.151 e. The third-order valence-corrected chi connectivity index (χ3v) is 18.5. The molecule has 0 saturated heterocycles. The van der Waals surface area contributed by atoms with Crippen LogP contribution >= 0.6 is 94.1 Å². The number of hydrogen-bond acceptors (Lipinski definition) is 10. The molecule has 0 amide bonds. The highest BCUT2D eigenvalue weighted by Crippen LogP contribution is 2.66. The second kappa shape index (κ2) is 18.3. The summed E-state index contributed by atoms with van der Waals surface area (Å²) in [5, 5.41) is 8.98. The minimum atomic E-state index is 0.899. The predicted octanol–water partition coefficient (Wildman–Crippen LogP) is 14.5. The Labute approximate surface area is 286 Å². The fourth-order valence-electron chi connectivity index (χ4n) is 4.18. The van der Waals surface area contributed by atoms with Crippen molar-refractivity contribution >= 4 is 105 Å². The van der Waals surface area contributed by atoms with Gasteiger partial charge in [0.2, 0.25) is 0 Å². The summed E-state index contributed by atoms with van der Waals surface area (Å²) in [5.74, 6) is 4.38. The molecule has 5 heterocycles. The third kappa shape index (κ3) is 10.3. The number of hydrogen-bond donors (Lipinski definition) is 0. The molecule has 2 aromatic rings. The van der Waals surface area contributed by atoms with Crippen LogP contribution in [0, 0.1) is 0 Å². The van der Waals surface area contributed by atoms with Crippen LogP contribution in [0.1, 0.15) is 76.3 Å². The molecule has 224 valence electrons. The zero-order chi connectivity index (χ0) is 29.0. The molecule has 0 saturated carbocycles. The predicted molar refractivity (Wildman–Crippen MR) is 204 cm³/mol.